The molecule has 2 unspecified atom stereocenters. The van der Waals surface area contributed by atoms with Crippen LogP contribution in [-0.4, -0.2) is 36.7 Å². The van der Waals surface area contributed by atoms with Crippen LogP contribution in [0.15, 0.2) is 0 Å². The number of methoxy groups -OCH3 is 1. The maximum absolute atomic E-state index is 8.71. The van der Waals surface area contributed by atoms with Crippen molar-refractivity contribution in [3.05, 3.63) is 0 Å². The predicted molar refractivity (Wildman–Crippen MR) is 46.7 cm³/mol. The topological polar surface area (TPSA) is 36.3 Å². The Morgan fingerprint density at radius 1 is 1.67 bits per heavy atom. The van der Waals surface area contributed by atoms with E-state index in [0.717, 1.165) is 19.5 Å². The van der Waals surface area contributed by atoms with Gasteiger partial charge in [-0.3, -0.25) is 4.90 Å². The first-order valence-corrected chi connectivity index (χ1v) is 4.30. The fraction of sp³-hybridized carbons (Fsp3) is 0.889. The molecule has 0 aromatic rings. The van der Waals surface area contributed by atoms with Crippen LogP contribution in [0, 0.1) is 11.3 Å². The van der Waals surface area contributed by atoms with Crippen LogP contribution in [-0.2, 0) is 4.74 Å². The third-order valence-corrected chi connectivity index (χ3v) is 2.69. The van der Waals surface area contributed by atoms with Crippen molar-refractivity contribution in [1.82, 2.24) is 4.90 Å². The summed E-state index contributed by atoms with van der Waals surface area (Å²) in [6.07, 6.45) is 1.02. The van der Waals surface area contributed by atoms with Crippen LogP contribution in [0.25, 0.3) is 0 Å². The molecule has 0 radical (unpaired) electrons. The summed E-state index contributed by atoms with van der Waals surface area (Å²) in [5.41, 5.74) is -0.0366. The first-order valence-electron chi connectivity index (χ1n) is 4.30. The highest BCUT2D eigenvalue weighted by molar-refractivity contribution is 4.96. The SMILES string of the molecule is COC1(C)CCN(C(C)C#N)C1. The molecule has 12 heavy (non-hydrogen) atoms. The van der Waals surface area contributed by atoms with E-state index in [1.807, 2.05) is 6.92 Å². The van der Waals surface area contributed by atoms with Crippen molar-refractivity contribution in [2.45, 2.75) is 31.9 Å². The van der Waals surface area contributed by atoms with E-state index in [1.54, 1.807) is 7.11 Å². The Morgan fingerprint density at radius 2 is 2.33 bits per heavy atom. The zero-order valence-electron chi connectivity index (χ0n) is 8.00. The monoisotopic (exact) mass is 168 g/mol. The van der Waals surface area contributed by atoms with Crippen molar-refractivity contribution in [2.75, 3.05) is 20.2 Å². The second-order valence-corrected chi connectivity index (χ2v) is 3.68. The molecule has 1 saturated heterocycles. The molecule has 2 atom stereocenters. The lowest BCUT2D eigenvalue weighted by atomic mass is 10.1. The molecule has 3 heteroatoms. The standard InChI is InChI=1S/C9H16N2O/c1-8(6-10)11-5-4-9(2,7-11)12-3/h8H,4-5,7H2,1-3H3. The highest BCUT2D eigenvalue weighted by Gasteiger charge is 2.35. The molecule has 1 fully saturated rings. The van der Waals surface area contributed by atoms with Gasteiger partial charge in [0, 0.05) is 20.2 Å². The molecular weight excluding hydrogens is 152 g/mol. The quantitative estimate of drug-likeness (QED) is 0.617. The molecule has 1 rings (SSSR count). The maximum Gasteiger partial charge on any atom is 0.0950 e. The van der Waals surface area contributed by atoms with E-state index in [4.69, 9.17) is 10.00 Å². The van der Waals surface area contributed by atoms with Crippen molar-refractivity contribution < 1.29 is 4.74 Å². The van der Waals surface area contributed by atoms with E-state index < -0.39 is 0 Å². The van der Waals surface area contributed by atoms with Gasteiger partial charge in [0.1, 0.15) is 0 Å². The Hall–Kier alpha value is -0.590. The lowest BCUT2D eigenvalue weighted by molar-refractivity contribution is 0.0135. The molecule has 0 amide bonds. The number of hydrogen-bond donors (Lipinski definition) is 0. The average Bonchev–Trinajstić information content (AvgIpc) is 2.48. The molecule has 1 heterocycles. The first-order chi connectivity index (χ1) is 5.61. The third kappa shape index (κ3) is 1.77. The van der Waals surface area contributed by atoms with Crippen LogP contribution in [0.2, 0.25) is 0 Å². The number of nitrogens with zero attached hydrogens (tertiary/aromatic N) is 2. The summed E-state index contributed by atoms with van der Waals surface area (Å²) >= 11 is 0. The zero-order chi connectivity index (χ0) is 9.19. The molecule has 68 valence electrons. The lowest BCUT2D eigenvalue weighted by Crippen LogP contribution is -2.35. The molecular formula is C9H16N2O. The highest BCUT2D eigenvalue weighted by Crippen LogP contribution is 2.25. The van der Waals surface area contributed by atoms with Crippen LogP contribution in [0.1, 0.15) is 20.3 Å². The molecule has 0 spiro atoms. The molecule has 0 N–H and O–H groups in total. The van der Waals surface area contributed by atoms with E-state index in [-0.39, 0.29) is 11.6 Å². The number of rotatable bonds is 2. The number of hydrogen-bond acceptors (Lipinski definition) is 3. The second kappa shape index (κ2) is 3.42. The van der Waals surface area contributed by atoms with Gasteiger partial charge < -0.3 is 4.74 Å². The highest BCUT2D eigenvalue weighted by atomic mass is 16.5. The molecule has 3 nitrogen and oxygen atoms in total. The minimum Gasteiger partial charge on any atom is -0.377 e. The maximum atomic E-state index is 8.71. The molecule has 1 aliphatic rings. The minimum atomic E-state index is -0.0366. The minimum absolute atomic E-state index is 0.0157. The van der Waals surface area contributed by atoms with Gasteiger partial charge in [0.25, 0.3) is 0 Å². The van der Waals surface area contributed by atoms with Gasteiger partial charge in [0.05, 0.1) is 17.7 Å². The Bertz CT molecular complexity index is 199. The van der Waals surface area contributed by atoms with Crippen LogP contribution in [0.5, 0.6) is 0 Å². The Kier molecular flexibility index (Phi) is 2.71. The summed E-state index contributed by atoms with van der Waals surface area (Å²) in [4.78, 5) is 2.16. The van der Waals surface area contributed by atoms with Crippen LogP contribution < -0.4 is 0 Å². The third-order valence-electron chi connectivity index (χ3n) is 2.69. The van der Waals surface area contributed by atoms with E-state index in [0.29, 0.717) is 0 Å². The van der Waals surface area contributed by atoms with Gasteiger partial charge in [-0.1, -0.05) is 0 Å². The molecule has 0 aliphatic carbocycles. The van der Waals surface area contributed by atoms with Gasteiger partial charge in [-0.2, -0.15) is 5.26 Å². The summed E-state index contributed by atoms with van der Waals surface area (Å²) in [5, 5.41) is 8.71. The number of nitriles is 1. The normalized spacial score (nSPS) is 33.2. The van der Waals surface area contributed by atoms with Crippen molar-refractivity contribution in [2.24, 2.45) is 0 Å². The van der Waals surface area contributed by atoms with Crippen molar-refractivity contribution in [3.63, 3.8) is 0 Å². The molecule has 0 saturated carbocycles. The Balaban J connectivity index is 2.52. The van der Waals surface area contributed by atoms with Crippen LogP contribution in [0.3, 0.4) is 0 Å². The summed E-state index contributed by atoms with van der Waals surface area (Å²) in [7, 11) is 1.74. The van der Waals surface area contributed by atoms with Crippen LogP contribution in [0.4, 0.5) is 0 Å². The van der Waals surface area contributed by atoms with Gasteiger partial charge in [-0.15, -0.1) is 0 Å². The van der Waals surface area contributed by atoms with Gasteiger partial charge in [0.15, 0.2) is 0 Å². The Morgan fingerprint density at radius 3 is 2.75 bits per heavy atom. The summed E-state index contributed by atoms with van der Waals surface area (Å²) in [6, 6.07) is 2.25. The van der Waals surface area contributed by atoms with Crippen molar-refractivity contribution in [3.8, 4) is 6.07 Å². The van der Waals surface area contributed by atoms with Crippen molar-refractivity contribution in [1.29, 1.82) is 5.26 Å². The van der Waals surface area contributed by atoms with Gasteiger partial charge in [0.2, 0.25) is 0 Å². The van der Waals surface area contributed by atoms with E-state index in [9.17, 15) is 0 Å². The van der Waals surface area contributed by atoms with E-state index in [1.165, 1.54) is 0 Å². The fourth-order valence-electron chi connectivity index (χ4n) is 1.55. The molecule has 0 bridgehead atoms. The largest absolute Gasteiger partial charge is 0.377 e. The molecule has 0 aromatic heterocycles. The van der Waals surface area contributed by atoms with Gasteiger partial charge in [-0.25, -0.2) is 0 Å². The summed E-state index contributed by atoms with van der Waals surface area (Å²) in [5.74, 6) is 0. The van der Waals surface area contributed by atoms with Crippen molar-refractivity contribution >= 4 is 0 Å². The summed E-state index contributed by atoms with van der Waals surface area (Å²) < 4.78 is 5.37. The Labute approximate surface area is 73.9 Å². The van der Waals surface area contributed by atoms with Crippen LogP contribution >= 0.6 is 0 Å². The number of likely N-dealkylation sites (tertiary alicyclic amines) is 1. The van der Waals surface area contributed by atoms with Gasteiger partial charge in [-0.05, 0) is 20.3 Å². The molecule has 1 aliphatic heterocycles. The fourth-order valence-corrected chi connectivity index (χ4v) is 1.55. The first kappa shape index (κ1) is 9.50. The predicted octanol–water partition coefficient (Wildman–Crippen LogP) is 1.01. The van der Waals surface area contributed by atoms with Gasteiger partial charge >= 0.3 is 0 Å². The summed E-state index contributed by atoms with van der Waals surface area (Å²) in [6.45, 7) is 5.87. The average molecular weight is 168 g/mol. The zero-order valence-corrected chi connectivity index (χ0v) is 8.00. The van der Waals surface area contributed by atoms with E-state index >= 15 is 0 Å². The smallest absolute Gasteiger partial charge is 0.0950 e. The van der Waals surface area contributed by atoms with E-state index in [2.05, 4.69) is 17.9 Å². The molecule has 0 aromatic carbocycles. The lowest BCUT2D eigenvalue weighted by Gasteiger charge is -2.23. The second-order valence-electron chi connectivity index (χ2n) is 3.68. The number of ether oxygens (including phenoxy) is 1.